The van der Waals surface area contributed by atoms with Gasteiger partial charge < -0.3 is 15.6 Å². The van der Waals surface area contributed by atoms with Crippen LogP contribution >= 0.6 is 0 Å². The number of hydrogen-bond acceptors (Lipinski definition) is 6. The third-order valence-corrected chi connectivity index (χ3v) is 3.05. The first kappa shape index (κ1) is 15.6. The van der Waals surface area contributed by atoms with Crippen LogP contribution in [-0.4, -0.2) is 41.9 Å². The maximum absolute atomic E-state index is 11.5. The molecule has 0 bridgehead atoms. The minimum atomic E-state index is -4.41. The lowest BCUT2D eigenvalue weighted by Crippen LogP contribution is -2.46. The molecule has 1 aromatic rings. The first-order valence-electron chi connectivity index (χ1n) is 5.39. The number of rotatable bonds is 6. The molecule has 0 radical (unpaired) electrons. The predicted molar refractivity (Wildman–Crippen MR) is 66.6 cm³/mol. The summed E-state index contributed by atoms with van der Waals surface area (Å²) in [6.07, 6.45) is -1.72. The Morgan fingerprint density at radius 3 is 2.42 bits per heavy atom. The predicted octanol–water partition coefficient (Wildman–Crippen LogP) is -0.694. The molecule has 4 N–H and O–H groups in total. The summed E-state index contributed by atoms with van der Waals surface area (Å²) in [7, 11) is -4.41. The molecule has 0 saturated carbocycles. The molecule has 0 aromatic heterocycles. The van der Waals surface area contributed by atoms with E-state index in [9.17, 15) is 18.3 Å². The van der Waals surface area contributed by atoms with Gasteiger partial charge in [-0.3, -0.25) is 9.35 Å². The van der Waals surface area contributed by atoms with E-state index >= 15 is 0 Å². The summed E-state index contributed by atoms with van der Waals surface area (Å²) in [6.45, 7) is -0.0357. The highest BCUT2D eigenvalue weighted by Crippen LogP contribution is 2.03. The van der Waals surface area contributed by atoms with Crippen molar-refractivity contribution in [2.45, 2.75) is 18.8 Å². The quantitative estimate of drug-likeness (QED) is 0.467. The molecule has 106 valence electrons. The van der Waals surface area contributed by atoms with Crippen molar-refractivity contribution in [1.82, 2.24) is 0 Å². The van der Waals surface area contributed by atoms with Crippen molar-refractivity contribution in [2.24, 2.45) is 5.73 Å². The van der Waals surface area contributed by atoms with E-state index in [1.807, 2.05) is 0 Å². The molecule has 0 amide bonds. The molecule has 0 aliphatic rings. The van der Waals surface area contributed by atoms with E-state index in [0.717, 1.165) is 5.56 Å². The number of benzene rings is 1. The van der Waals surface area contributed by atoms with Crippen LogP contribution in [0.4, 0.5) is 0 Å². The van der Waals surface area contributed by atoms with Gasteiger partial charge in [-0.2, -0.15) is 8.42 Å². The van der Waals surface area contributed by atoms with Gasteiger partial charge in [0.15, 0.2) is 0 Å². The lowest BCUT2D eigenvalue weighted by molar-refractivity contribution is -0.148. The topological polar surface area (TPSA) is 127 Å². The van der Waals surface area contributed by atoms with Gasteiger partial charge in [-0.15, -0.1) is 0 Å². The fraction of sp³-hybridized carbons (Fsp3) is 0.364. The molecule has 19 heavy (non-hydrogen) atoms. The summed E-state index contributed by atoms with van der Waals surface area (Å²) in [4.78, 5) is 11.5. The molecular formula is C11H15NO6S. The Kier molecular flexibility index (Phi) is 5.43. The van der Waals surface area contributed by atoms with Crippen LogP contribution in [0.3, 0.4) is 0 Å². The first-order chi connectivity index (χ1) is 8.79. The zero-order valence-corrected chi connectivity index (χ0v) is 10.8. The number of carbonyl (C=O) groups is 1. The maximum atomic E-state index is 11.5. The van der Waals surface area contributed by atoms with Gasteiger partial charge in [0.1, 0.15) is 18.4 Å². The summed E-state index contributed by atoms with van der Waals surface area (Å²) in [5.41, 5.74) is 6.06. The number of ether oxygens (including phenoxy) is 1. The van der Waals surface area contributed by atoms with Crippen molar-refractivity contribution in [1.29, 1.82) is 0 Å². The van der Waals surface area contributed by atoms with Crippen LogP contribution in [0.1, 0.15) is 5.56 Å². The smallest absolute Gasteiger partial charge is 0.325 e. The summed E-state index contributed by atoms with van der Waals surface area (Å²) >= 11 is 0. The molecule has 2 unspecified atom stereocenters. The normalized spacial score (nSPS) is 14.7. The van der Waals surface area contributed by atoms with Crippen molar-refractivity contribution >= 4 is 16.1 Å². The van der Waals surface area contributed by atoms with Crippen LogP contribution in [0.5, 0.6) is 0 Å². The standard InChI is InChI=1S/C11H15NO6S/c12-10(9(13)7-19(15,16)17)11(14)18-6-8-4-2-1-3-5-8/h1-5,9-10,13H,6-7,12H2,(H,15,16,17). The minimum absolute atomic E-state index is 0.0357. The monoisotopic (exact) mass is 289 g/mol. The highest BCUT2D eigenvalue weighted by Gasteiger charge is 2.28. The number of nitrogens with two attached hydrogens (primary N) is 1. The molecule has 0 saturated heterocycles. The van der Waals surface area contributed by atoms with E-state index in [1.165, 1.54) is 0 Å². The summed E-state index contributed by atoms with van der Waals surface area (Å²) in [5, 5.41) is 9.36. The van der Waals surface area contributed by atoms with E-state index in [4.69, 9.17) is 15.0 Å². The zero-order valence-electron chi connectivity index (χ0n) is 9.97. The molecule has 8 heteroatoms. The Bertz CT molecular complexity index is 515. The Balaban J connectivity index is 2.49. The van der Waals surface area contributed by atoms with Crippen LogP contribution in [0.25, 0.3) is 0 Å². The number of aliphatic hydroxyl groups is 1. The van der Waals surface area contributed by atoms with Crippen molar-refractivity contribution in [3.63, 3.8) is 0 Å². The number of carbonyl (C=O) groups excluding carboxylic acids is 1. The van der Waals surface area contributed by atoms with Crippen LogP contribution in [0.15, 0.2) is 30.3 Å². The van der Waals surface area contributed by atoms with E-state index in [-0.39, 0.29) is 6.61 Å². The zero-order chi connectivity index (χ0) is 14.5. The van der Waals surface area contributed by atoms with Crippen LogP contribution in [-0.2, 0) is 26.3 Å². The van der Waals surface area contributed by atoms with Crippen LogP contribution < -0.4 is 5.73 Å². The molecule has 0 aliphatic carbocycles. The SMILES string of the molecule is NC(C(=O)OCc1ccccc1)C(O)CS(=O)(=O)O. The maximum Gasteiger partial charge on any atom is 0.325 e. The van der Waals surface area contributed by atoms with E-state index in [2.05, 4.69) is 0 Å². The molecular weight excluding hydrogens is 274 g/mol. The lowest BCUT2D eigenvalue weighted by atomic mass is 10.2. The number of aliphatic hydroxyl groups excluding tert-OH is 1. The minimum Gasteiger partial charge on any atom is -0.460 e. The molecule has 1 aromatic carbocycles. The fourth-order valence-electron chi connectivity index (χ4n) is 1.30. The van der Waals surface area contributed by atoms with E-state index in [0.29, 0.717) is 0 Å². The average molecular weight is 289 g/mol. The molecule has 7 nitrogen and oxygen atoms in total. The second kappa shape index (κ2) is 6.62. The van der Waals surface area contributed by atoms with Gasteiger partial charge in [-0.05, 0) is 5.56 Å². The van der Waals surface area contributed by atoms with Gasteiger partial charge in [0, 0.05) is 0 Å². The van der Waals surface area contributed by atoms with Gasteiger partial charge in [-0.1, -0.05) is 30.3 Å². The van der Waals surface area contributed by atoms with Gasteiger partial charge in [0.05, 0.1) is 6.10 Å². The molecule has 0 aliphatic heterocycles. The molecule has 1 rings (SSSR count). The van der Waals surface area contributed by atoms with Crippen molar-refractivity contribution < 1.29 is 27.6 Å². The van der Waals surface area contributed by atoms with Crippen molar-refractivity contribution in [3.8, 4) is 0 Å². The largest absolute Gasteiger partial charge is 0.460 e. The summed E-state index contributed by atoms with van der Waals surface area (Å²) in [6, 6.07) is 7.24. The fourth-order valence-corrected chi connectivity index (χ4v) is 1.94. The highest BCUT2D eigenvalue weighted by atomic mass is 32.2. The van der Waals surface area contributed by atoms with Crippen LogP contribution in [0.2, 0.25) is 0 Å². The van der Waals surface area contributed by atoms with Crippen LogP contribution in [0, 0.1) is 0 Å². The average Bonchev–Trinajstić information content (AvgIpc) is 2.34. The Hall–Kier alpha value is -1.48. The third kappa shape index (κ3) is 5.79. The molecule has 2 atom stereocenters. The second-order valence-electron chi connectivity index (χ2n) is 3.94. The van der Waals surface area contributed by atoms with Gasteiger partial charge in [-0.25, -0.2) is 0 Å². The number of esters is 1. The summed E-state index contributed by atoms with van der Waals surface area (Å²) in [5.74, 6) is -1.96. The van der Waals surface area contributed by atoms with Gasteiger partial charge >= 0.3 is 5.97 Å². The molecule has 0 fully saturated rings. The number of hydrogen-bond donors (Lipinski definition) is 3. The summed E-state index contributed by atoms with van der Waals surface area (Å²) < 4.78 is 34.4. The van der Waals surface area contributed by atoms with E-state index < -0.39 is 34.0 Å². The van der Waals surface area contributed by atoms with Crippen molar-refractivity contribution in [3.05, 3.63) is 35.9 Å². The van der Waals surface area contributed by atoms with E-state index in [1.54, 1.807) is 30.3 Å². The van der Waals surface area contributed by atoms with Gasteiger partial charge in [0.25, 0.3) is 10.1 Å². The molecule has 0 heterocycles. The Morgan fingerprint density at radius 2 is 1.89 bits per heavy atom. The lowest BCUT2D eigenvalue weighted by Gasteiger charge is -2.16. The first-order valence-corrected chi connectivity index (χ1v) is 7.00. The van der Waals surface area contributed by atoms with Crippen molar-refractivity contribution in [2.75, 3.05) is 5.75 Å². The Morgan fingerprint density at radius 1 is 1.32 bits per heavy atom. The molecule has 0 spiro atoms. The highest BCUT2D eigenvalue weighted by molar-refractivity contribution is 7.85. The van der Waals surface area contributed by atoms with Gasteiger partial charge in [0.2, 0.25) is 0 Å². The Labute approximate surface area is 110 Å². The third-order valence-electron chi connectivity index (χ3n) is 2.29. The second-order valence-corrected chi connectivity index (χ2v) is 5.43.